The summed E-state index contributed by atoms with van der Waals surface area (Å²) < 4.78 is 15.0. The van der Waals surface area contributed by atoms with Gasteiger partial charge >= 0.3 is 5.97 Å². The number of benzene rings is 1. The summed E-state index contributed by atoms with van der Waals surface area (Å²) >= 11 is 5.70. The molecule has 0 unspecified atom stereocenters. The topological polar surface area (TPSA) is 97.1 Å². The summed E-state index contributed by atoms with van der Waals surface area (Å²) in [6.07, 6.45) is 2.68. The van der Waals surface area contributed by atoms with Crippen LogP contribution in [0, 0.1) is 5.82 Å². The molecule has 1 saturated carbocycles. The van der Waals surface area contributed by atoms with Gasteiger partial charge < -0.3 is 10.4 Å². The minimum absolute atomic E-state index is 0.0423. The van der Waals surface area contributed by atoms with Crippen molar-refractivity contribution in [2.24, 2.45) is 0 Å². The monoisotopic (exact) mass is 338 g/mol. The average Bonchev–Trinajstić information content (AvgIpc) is 2.95. The zero-order valence-electron chi connectivity index (χ0n) is 11.8. The smallest absolute Gasteiger partial charge is 0.329 e. The van der Waals surface area contributed by atoms with E-state index in [1.807, 2.05) is 0 Å². The van der Waals surface area contributed by atoms with Gasteiger partial charge in [-0.15, -0.1) is 5.10 Å². The highest BCUT2D eigenvalue weighted by molar-refractivity contribution is 6.30. The van der Waals surface area contributed by atoms with Crippen LogP contribution in [0.25, 0.3) is 5.69 Å². The van der Waals surface area contributed by atoms with Crippen LogP contribution in [0.15, 0.2) is 24.4 Å². The Morgan fingerprint density at radius 3 is 2.74 bits per heavy atom. The minimum atomic E-state index is -1.25. The first-order chi connectivity index (χ1) is 10.9. The van der Waals surface area contributed by atoms with Gasteiger partial charge in [-0.1, -0.05) is 22.9 Å². The molecule has 2 N–H and O–H groups in total. The van der Waals surface area contributed by atoms with Crippen molar-refractivity contribution >= 4 is 23.5 Å². The molecule has 1 aromatic carbocycles. The molecule has 0 atom stereocenters. The molecule has 7 nitrogen and oxygen atoms in total. The number of hydrogen-bond acceptors (Lipinski definition) is 4. The van der Waals surface area contributed by atoms with E-state index in [0.29, 0.717) is 12.8 Å². The van der Waals surface area contributed by atoms with Gasteiger partial charge in [-0.3, -0.25) is 4.79 Å². The van der Waals surface area contributed by atoms with Crippen molar-refractivity contribution < 1.29 is 19.1 Å². The number of aliphatic carboxylic acids is 1. The standard InChI is InChI=1S/C14H12ClFN4O3/c15-8-3-1-4-10(11(8)16)20-7-9(18-19-20)12(21)17-14(13(22)23)5-2-6-14/h1,3-4,7H,2,5-6H2,(H,17,21)(H,22,23). The first-order valence-corrected chi connectivity index (χ1v) is 7.23. The summed E-state index contributed by atoms with van der Waals surface area (Å²) in [4.78, 5) is 23.4. The van der Waals surface area contributed by atoms with Gasteiger partial charge in [-0.05, 0) is 31.4 Å². The van der Waals surface area contributed by atoms with Crippen LogP contribution in [-0.4, -0.2) is 37.5 Å². The number of carbonyl (C=O) groups is 2. The third-order valence-corrected chi connectivity index (χ3v) is 4.17. The second kappa shape index (κ2) is 5.62. The Morgan fingerprint density at radius 2 is 2.13 bits per heavy atom. The number of halogens is 2. The predicted octanol–water partition coefficient (Wildman–Crippen LogP) is 1.80. The van der Waals surface area contributed by atoms with Crippen LogP contribution in [-0.2, 0) is 4.79 Å². The van der Waals surface area contributed by atoms with E-state index in [2.05, 4.69) is 15.6 Å². The lowest BCUT2D eigenvalue weighted by atomic mass is 9.76. The predicted molar refractivity (Wildman–Crippen MR) is 78.0 cm³/mol. The Hall–Kier alpha value is -2.48. The van der Waals surface area contributed by atoms with Crippen LogP contribution in [0.4, 0.5) is 4.39 Å². The Labute approximate surface area is 135 Å². The van der Waals surface area contributed by atoms with Crippen molar-refractivity contribution in [3.8, 4) is 5.69 Å². The maximum atomic E-state index is 13.9. The van der Waals surface area contributed by atoms with E-state index in [1.54, 1.807) is 0 Å². The van der Waals surface area contributed by atoms with Crippen LogP contribution >= 0.6 is 11.6 Å². The minimum Gasteiger partial charge on any atom is -0.480 e. The van der Waals surface area contributed by atoms with Gasteiger partial charge in [-0.2, -0.15) is 0 Å². The summed E-state index contributed by atoms with van der Waals surface area (Å²) in [6.45, 7) is 0. The van der Waals surface area contributed by atoms with Crippen LogP contribution in [0.1, 0.15) is 29.8 Å². The van der Waals surface area contributed by atoms with Crippen molar-refractivity contribution in [3.05, 3.63) is 40.9 Å². The van der Waals surface area contributed by atoms with E-state index in [1.165, 1.54) is 24.4 Å². The Balaban J connectivity index is 1.83. The number of nitrogens with one attached hydrogen (secondary N) is 1. The third kappa shape index (κ3) is 2.65. The van der Waals surface area contributed by atoms with Gasteiger partial charge in [0.05, 0.1) is 11.2 Å². The van der Waals surface area contributed by atoms with Crippen LogP contribution < -0.4 is 5.32 Å². The van der Waals surface area contributed by atoms with E-state index in [-0.39, 0.29) is 16.4 Å². The Morgan fingerprint density at radius 1 is 1.39 bits per heavy atom. The van der Waals surface area contributed by atoms with Gasteiger partial charge in [0.15, 0.2) is 11.5 Å². The van der Waals surface area contributed by atoms with Crippen molar-refractivity contribution in [1.29, 1.82) is 0 Å². The average molecular weight is 339 g/mol. The zero-order valence-corrected chi connectivity index (χ0v) is 12.5. The van der Waals surface area contributed by atoms with Crippen molar-refractivity contribution in [2.75, 3.05) is 0 Å². The highest BCUT2D eigenvalue weighted by Gasteiger charge is 2.46. The molecule has 0 radical (unpaired) electrons. The Kier molecular flexibility index (Phi) is 3.77. The van der Waals surface area contributed by atoms with Gasteiger partial charge in [0.25, 0.3) is 5.91 Å². The number of carboxylic acid groups (broad SMARTS) is 1. The summed E-state index contributed by atoms with van der Waals surface area (Å²) in [5.41, 5.74) is -1.31. The number of carbonyl (C=O) groups excluding carboxylic acids is 1. The Bertz CT molecular complexity index is 788. The molecule has 23 heavy (non-hydrogen) atoms. The summed E-state index contributed by atoms with van der Waals surface area (Å²) in [5.74, 6) is -2.43. The lowest BCUT2D eigenvalue weighted by molar-refractivity contribution is -0.148. The molecule has 1 fully saturated rings. The van der Waals surface area contributed by atoms with Crippen molar-refractivity contribution in [1.82, 2.24) is 20.3 Å². The zero-order chi connectivity index (χ0) is 16.6. The molecule has 9 heteroatoms. The molecule has 0 spiro atoms. The van der Waals surface area contributed by atoms with Crippen molar-refractivity contribution in [2.45, 2.75) is 24.8 Å². The fourth-order valence-electron chi connectivity index (χ4n) is 2.36. The number of aromatic nitrogens is 3. The highest BCUT2D eigenvalue weighted by Crippen LogP contribution is 2.32. The highest BCUT2D eigenvalue weighted by atomic mass is 35.5. The molecule has 120 valence electrons. The number of amides is 1. The van der Waals surface area contributed by atoms with E-state index >= 15 is 0 Å². The maximum Gasteiger partial charge on any atom is 0.329 e. The summed E-state index contributed by atoms with van der Waals surface area (Å²) in [5, 5.41) is 18.9. The van der Waals surface area contributed by atoms with Gasteiger partial charge in [-0.25, -0.2) is 13.9 Å². The lowest BCUT2D eigenvalue weighted by Gasteiger charge is -2.37. The van der Waals surface area contributed by atoms with E-state index in [9.17, 15) is 19.1 Å². The second-order valence-electron chi connectivity index (χ2n) is 5.32. The fraction of sp³-hybridized carbons (Fsp3) is 0.286. The van der Waals surface area contributed by atoms with E-state index in [0.717, 1.165) is 11.1 Å². The molecule has 3 rings (SSSR count). The molecular weight excluding hydrogens is 327 g/mol. The number of hydrogen-bond donors (Lipinski definition) is 2. The van der Waals surface area contributed by atoms with Gasteiger partial charge in [0, 0.05) is 0 Å². The molecule has 2 aromatic rings. The lowest BCUT2D eigenvalue weighted by Crippen LogP contribution is -2.59. The largest absolute Gasteiger partial charge is 0.480 e. The number of rotatable bonds is 4. The molecule has 1 heterocycles. The quantitative estimate of drug-likeness (QED) is 0.886. The summed E-state index contributed by atoms with van der Waals surface area (Å²) in [7, 11) is 0. The van der Waals surface area contributed by atoms with Crippen LogP contribution in [0.3, 0.4) is 0 Å². The van der Waals surface area contributed by atoms with Crippen LogP contribution in [0.5, 0.6) is 0 Å². The number of nitrogens with zero attached hydrogens (tertiary/aromatic N) is 3. The first kappa shape index (κ1) is 15.4. The maximum absolute atomic E-state index is 13.9. The molecule has 0 aliphatic heterocycles. The normalized spacial score (nSPS) is 15.7. The molecule has 1 amide bonds. The number of carboxylic acids is 1. The van der Waals surface area contributed by atoms with Gasteiger partial charge in [0.1, 0.15) is 11.2 Å². The van der Waals surface area contributed by atoms with E-state index < -0.39 is 23.2 Å². The van der Waals surface area contributed by atoms with E-state index in [4.69, 9.17) is 11.6 Å². The molecular formula is C14H12ClFN4O3. The molecule has 1 aromatic heterocycles. The molecule has 1 aliphatic rings. The first-order valence-electron chi connectivity index (χ1n) is 6.86. The van der Waals surface area contributed by atoms with Crippen LogP contribution in [0.2, 0.25) is 5.02 Å². The third-order valence-electron chi connectivity index (χ3n) is 3.87. The molecule has 0 bridgehead atoms. The molecule has 0 saturated heterocycles. The SMILES string of the molecule is O=C(NC1(C(=O)O)CCC1)c1cn(-c2cccc(Cl)c2F)nn1. The second-order valence-corrected chi connectivity index (χ2v) is 5.72. The fourth-order valence-corrected chi connectivity index (χ4v) is 2.53. The van der Waals surface area contributed by atoms with Crippen molar-refractivity contribution in [3.63, 3.8) is 0 Å². The summed E-state index contributed by atoms with van der Waals surface area (Å²) in [6, 6.07) is 4.36. The van der Waals surface area contributed by atoms with Gasteiger partial charge in [0.2, 0.25) is 0 Å². The molecule has 1 aliphatic carbocycles.